The molecule has 0 unspecified atom stereocenters. The number of benzene rings is 3. The Morgan fingerprint density at radius 3 is 2.44 bits per heavy atom. The number of amides is 1. The Bertz CT molecular complexity index is 2100. The molecule has 0 aliphatic heterocycles. The van der Waals surface area contributed by atoms with E-state index < -0.39 is 21.7 Å². The van der Waals surface area contributed by atoms with E-state index in [9.17, 15) is 17.6 Å². The van der Waals surface area contributed by atoms with Crippen LogP contribution >= 0.6 is 0 Å². The number of methoxy groups -OCH3 is 1. The number of furan rings is 2. The van der Waals surface area contributed by atoms with Gasteiger partial charge in [-0.05, 0) is 42.5 Å². The van der Waals surface area contributed by atoms with Gasteiger partial charge in [0.1, 0.15) is 22.7 Å². The van der Waals surface area contributed by atoms with Gasteiger partial charge in [-0.1, -0.05) is 18.2 Å². The molecule has 0 spiro atoms. The van der Waals surface area contributed by atoms with E-state index in [1.807, 2.05) is 30.3 Å². The van der Waals surface area contributed by atoms with Crippen molar-refractivity contribution in [2.75, 3.05) is 31.8 Å². The third-order valence-corrected chi connectivity index (χ3v) is 8.26. The number of carbonyl (C=O) groups is 1. The summed E-state index contributed by atoms with van der Waals surface area (Å²) in [4.78, 5) is 22.4. The first-order chi connectivity index (χ1) is 20.6. The van der Waals surface area contributed by atoms with E-state index in [-0.39, 0.29) is 34.2 Å². The Balaban J connectivity index is 1.64. The van der Waals surface area contributed by atoms with Crippen molar-refractivity contribution in [3.8, 4) is 39.9 Å². The van der Waals surface area contributed by atoms with Crippen LogP contribution in [0, 0.1) is 5.82 Å². The predicted octanol–water partition coefficient (Wildman–Crippen LogP) is 5.87. The number of aromatic nitrogens is 2. The average molecular weight is 601 g/mol. The summed E-state index contributed by atoms with van der Waals surface area (Å²) in [5, 5.41) is 3.87. The van der Waals surface area contributed by atoms with E-state index in [1.165, 1.54) is 57.7 Å². The topological polar surface area (TPSA) is 128 Å². The minimum atomic E-state index is -3.75. The molecule has 0 aliphatic rings. The van der Waals surface area contributed by atoms with Crippen molar-refractivity contribution in [2.24, 2.45) is 0 Å². The predicted molar refractivity (Wildman–Crippen MR) is 161 cm³/mol. The second-order valence-electron chi connectivity index (χ2n) is 9.75. The van der Waals surface area contributed by atoms with Crippen LogP contribution in [0.15, 0.2) is 81.8 Å². The Labute approximate surface area is 245 Å². The van der Waals surface area contributed by atoms with Crippen LogP contribution in [0.1, 0.15) is 10.4 Å². The second kappa shape index (κ2) is 10.6. The summed E-state index contributed by atoms with van der Waals surface area (Å²) < 4.78 is 57.9. The number of hydrogen-bond acceptors (Lipinski definition) is 8. The van der Waals surface area contributed by atoms with Crippen molar-refractivity contribution in [2.45, 2.75) is 0 Å². The molecule has 10 nitrogen and oxygen atoms in total. The number of halogens is 1. The highest BCUT2D eigenvalue weighted by atomic mass is 32.2. The van der Waals surface area contributed by atoms with Crippen LogP contribution in [-0.4, -0.2) is 51.8 Å². The van der Waals surface area contributed by atoms with Gasteiger partial charge in [0.25, 0.3) is 5.91 Å². The molecule has 0 saturated carbocycles. The molecule has 3 heterocycles. The first-order valence-electron chi connectivity index (χ1n) is 13.0. The summed E-state index contributed by atoms with van der Waals surface area (Å²) in [5.74, 6) is -0.0892. The van der Waals surface area contributed by atoms with Crippen LogP contribution < -0.4 is 14.4 Å². The number of hydrogen-bond donors (Lipinski definition) is 1. The lowest BCUT2D eigenvalue weighted by atomic mass is 10.0. The highest BCUT2D eigenvalue weighted by Gasteiger charge is 2.27. The molecule has 6 rings (SSSR count). The third kappa shape index (κ3) is 4.95. The SMILES string of the molecule is CNC(=O)c1c(-c2ccc(F)cc2)oc2cc(N(C)S(C)(=O)=O)c(-c3cnc(OC)c(-c4cc5ccccc5o4)n3)cc12. The van der Waals surface area contributed by atoms with Gasteiger partial charge in [-0.3, -0.25) is 9.10 Å². The minimum Gasteiger partial charge on any atom is -0.479 e. The number of rotatable bonds is 7. The first kappa shape index (κ1) is 27.9. The molecule has 0 atom stereocenters. The van der Waals surface area contributed by atoms with E-state index in [2.05, 4.69) is 10.3 Å². The summed E-state index contributed by atoms with van der Waals surface area (Å²) in [5.41, 5.74) is 2.72. The number of anilines is 1. The smallest absolute Gasteiger partial charge is 0.255 e. The zero-order valence-corrected chi connectivity index (χ0v) is 24.3. The molecule has 12 heteroatoms. The molecule has 3 aromatic carbocycles. The van der Waals surface area contributed by atoms with Crippen LogP contribution in [0.25, 0.3) is 56.0 Å². The minimum absolute atomic E-state index is 0.192. The lowest BCUT2D eigenvalue weighted by molar-refractivity contribution is 0.0964. The largest absolute Gasteiger partial charge is 0.479 e. The number of fused-ring (bicyclic) bond motifs is 2. The molecule has 0 bridgehead atoms. The number of sulfonamides is 1. The number of carbonyl (C=O) groups excluding carboxylic acids is 1. The van der Waals surface area contributed by atoms with Crippen LogP contribution in [0.4, 0.5) is 10.1 Å². The maximum Gasteiger partial charge on any atom is 0.255 e. The van der Waals surface area contributed by atoms with Crippen molar-refractivity contribution >= 4 is 43.6 Å². The molecule has 0 saturated heterocycles. The summed E-state index contributed by atoms with van der Waals surface area (Å²) in [7, 11) is 0.598. The molecule has 218 valence electrons. The van der Waals surface area contributed by atoms with Gasteiger partial charge in [0.15, 0.2) is 11.5 Å². The monoisotopic (exact) mass is 600 g/mol. The van der Waals surface area contributed by atoms with Gasteiger partial charge in [-0.15, -0.1) is 0 Å². The number of nitrogens with one attached hydrogen (secondary N) is 1. The van der Waals surface area contributed by atoms with Gasteiger partial charge >= 0.3 is 0 Å². The van der Waals surface area contributed by atoms with Crippen molar-refractivity contribution in [1.82, 2.24) is 15.3 Å². The van der Waals surface area contributed by atoms with Crippen molar-refractivity contribution in [3.05, 3.63) is 84.3 Å². The molecule has 3 aromatic heterocycles. The quantitative estimate of drug-likeness (QED) is 0.241. The van der Waals surface area contributed by atoms with Crippen LogP contribution in [-0.2, 0) is 10.0 Å². The highest BCUT2D eigenvalue weighted by Crippen LogP contribution is 2.42. The van der Waals surface area contributed by atoms with Gasteiger partial charge in [0, 0.05) is 42.1 Å². The summed E-state index contributed by atoms with van der Waals surface area (Å²) in [6.45, 7) is 0. The zero-order chi connectivity index (χ0) is 30.5. The maximum atomic E-state index is 13.7. The molecule has 0 radical (unpaired) electrons. The Morgan fingerprint density at radius 1 is 1.02 bits per heavy atom. The summed E-state index contributed by atoms with van der Waals surface area (Å²) in [6.07, 6.45) is 2.52. The van der Waals surface area contributed by atoms with Crippen LogP contribution in [0.5, 0.6) is 5.88 Å². The van der Waals surface area contributed by atoms with Gasteiger partial charge < -0.3 is 18.9 Å². The van der Waals surface area contributed by atoms with Crippen molar-refractivity contribution in [1.29, 1.82) is 0 Å². The normalized spacial score (nSPS) is 11.7. The summed E-state index contributed by atoms with van der Waals surface area (Å²) >= 11 is 0. The number of nitrogens with zero attached hydrogens (tertiary/aromatic N) is 3. The molecule has 1 amide bonds. The molecular weight excluding hydrogens is 575 g/mol. The van der Waals surface area contributed by atoms with E-state index in [4.69, 9.17) is 18.6 Å². The Kier molecular flexibility index (Phi) is 6.85. The second-order valence-corrected chi connectivity index (χ2v) is 11.8. The van der Waals surface area contributed by atoms with E-state index >= 15 is 0 Å². The molecule has 1 N–H and O–H groups in total. The fourth-order valence-corrected chi connectivity index (χ4v) is 5.36. The molecule has 0 aliphatic carbocycles. The Morgan fingerprint density at radius 2 is 1.77 bits per heavy atom. The third-order valence-electron chi connectivity index (χ3n) is 7.07. The van der Waals surface area contributed by atoms with Crippen LogP contribution in [0.2, 0.25) is 0 Å². The highest BCUT2D eigenvalue weighted by molar-refractivity contribution is 7.92. The fourth-order valence-electron chi connectivity index (χ4n) is 4.85. The zero-order valence-electron chi connectivity index (χ0n) is 23.5. The van der Waals surface area contributed by atoms with Gasteiger partial charge in [-0.2, -0.15) is 0 Å². The Hall–Kier alpha value is -5.23. The molecule has 0 fully saturated rings. The molecule has 6 aromatic rings. The standard InChI is InChI=1S/C31H25FN4O6S/c1-33-30(37)27-21-14-20(22-16-34-31(40-3)28(35-22)26-13-18-7-5-6-8-24(18)41-26)23(36(2)43(4,38)39)15-25(21)42-29(27)17-9-11-19(32)12-10-17/h5-16H,1-4H3,(H,33,37). The average Bonchev–Trinajstić information content (AvgIpc) is 3.61. The van der Waals surface area contributed by atoms with Gasteiger partial charge in [0.2, 0.25) is 15.9 Å². The maximum absolute atomic E-state index is 13.7. The van der Waals surface area contributed by atoms with Gasteiger partial charge in [0.05, 0.1) is 36.5 Å². The lowest BCUT2D eigenvalue weighted by Crippen LogP contribution is -2.25. The lowest BCUT2D eigenvalue weighted by Gasteiger charge is -2.20. The summed E-state index contributed by atoms with van der Waals surface area (Å²) in [6, 6.07) is 18.0. The number of ether oxygens (including phenoxy) is 1. The van der Waals surface area contributed by atoms with Crippen LogP contribution in [0.3, 0.4) is 0 Å². The fraction of sp³-hybridized carbons (Fsp3) is 0.129. The van der Waals surface area contributed by atoms with Crippen molar-refractivity contribution in [3.63, 3.8) is 0 Å². The van der Waals surface area contributed by atoms with E-state index in [0.29, 0.717) is 33.6 Å². The molecule has 43 heavy (non-hydrogen) atoms. The first-order valence-corrected chi connectivity index (χ1v) is 14.9. The van der Waals surface area contributed by atoms with Gasteiger partial charge in [-0.25, -0.2) is 22.8 Å². The number of para-hydroxylation sites is 1. The van der Waals surface area contributed by atoms with Crippen molar-refractivity contribution < 1.29 is 31.2 Å². The van der Waals surface area contributed by atoms with E-state index in [0.717, 1.165) is 15.9 Å². The molecular formula is C31H25FN4O6S. The van der Waals surface area contributed by atoms with E-state index in [1.54, 1.807) is 6.07 Å².